The van der Waals surface area contributed by atoms with Crippen molar-refractivity contribution in [3.05, 3.63) is 144 Å². The second-order valence-electron chi connectivity index (χ2n) is 12.3. The molecule has 0 amide bonds. The van der Waals surface area contributed by atoms with Crippen molar-refractivity contribution in [1.82, 2.24) is 0 Å². The van der Waals surface area contributed by atoms with E-state index in [-0.39, 0.29) is 0 Å². The van der Waals surface area contributed by atoms with Crippen LogP contribution in [0.2, 0.25) is 0 Å². The number of nitrogens with two attached hydrogens (primary N) is 2. The second kappa shape index (κ2) is 29.6. The summed E-state index contributed by atoms with van der Waals surface area (Å²) in [5.41, 5.74) is 2.98. The van der Waals surface area contributed by atoms with Gasteiger partial charge in [-0.25, -0.2) is 0 Å². The molecule has 0 aliphatic rings. The van der Waals surface area contributed by atoms with Gasteiger partial charge < -0.3 is 30.4 Å². The van der Waals surface area contributed by atoms with Crippen LogP contribution in [0, 0.1) is 0 Å². The molecule has 50 heavy (non-hydrogen) atoms. The maximum absolute atomic E-state index is 11.2. The van der Waals surface area contributed by atoms with Crippen molar-refractivity contribution in [2.24, 2.45) is 0 Å². The average Bonchev–Trinajstić information content (AvgIpc) is 3.14. The molecule has 4 N–H and O–H groups in total. The van der Waals surface area contributed by atoms with E-state index in [1.807, 2.05) is 72.8 Å². The highest BCUT2D eigenvalue weighted by atomic mass is 16.4. The third-order valence-electron chi connectivity index (χ3n) is 8.05. The topological polar surface area (TPSA) is 113 Å². The Morgan fingerprint density at radius 3 is 0.780 bits per heavy atom. The SMILES string of the molecule is CCCC[NH2+]CCCC.CCCC[NH2+]CCCC.O=C([O-])C(c1ccccc1)c1ccccc1.O=C([O-])C(c1ccccc1)c1ccccc1. The van der Waals surface area contributed by atoms with Gasteiger partial charge in [0.2, 0.25) is 0 Å². The Morgan fingerprint density at radius 2 is 0.620 bits per heavy atom. The van der Waals surface area contributed by atoms with Crippen LogP contribution in [0.5, 0.6) is 0 Å². The van der Waals surface area contributed by atoms with Crippen LogP contribution in [0.1, 0.15) is 113 Å². The molecule has 0 aliphatic carbocycles. The molecular formula is C44H62N2O4. The number of benzene rings is 4. The Kier molecular flexibility index (Phi) is 25.9. The highest BCUT2D eigenvalue weighted by Crippen LogP contribution is 2.24. The van der Waals surface area contributed by atoms with Gasteiger partial charge in [0.15, 0.2) is 0 Å². The van der Waals surface area contributed by atoms with E-state index in [1.54, 1.807) is 48.5 Å². The van der Waals surface area contributed by atoms with Crippen LogP contribution < -0.4 is 20.8 Å². The third-order valence-corrected chi connectivity index (χ3v) is 8.05. The number of unbranched alkanes of at least 4 members (excludes halogenated alkanes) is 4. The number of carbonyl (C=O) groups is 2. The third kappa shape index (κ3) is 19.7. The molecule has 0 bridgehead atoms. The first-order valence-corrected chi connectivity index (χ1v) is 18.7. The van der Waals surface area contributed by atoms with Crippen molar-refractivity contribution in [3.63, 3.8) is 0 Å². The largest absolute Gasteiger partial charge is 0.549 e. The van der Waals surface area contributed by atoms with Gasteiger partial charge in [0.05, 0.1) is 38.1 Å². The van der Waals surface area contributed by atoms with E-state index in [2.05, 4.69) is 38.3 Å². The summed E-state index contributed by atoms with van der Waals surface area (Å²) in [6, 6.07) is 36.5. The van der Waals surface area contributed by atoms with Crippen LogP contribution in [0.4, 0.5) is 0 Å². The minimum atomic E-state index is -1.07. The fourth-order valence-electron chi connectivity index (χ4n) is 5.19. The van der Waals surface area contributed by atoms with Gasteiger partial charge in [0.1, 0.15) is 0 Å². The van der Waals surface area contributed by atoms with Gasteiger partial charge in [0.25, 0.3) is 0 Å². The molecule has 4 rings (SSSR count). The van der Waals surface area contributed by atoms with E-state index in [0.717, 1.165) is 22.3 Å². The van der Waals surface area contributed by atoms with Gasteiger partial charge in [-0.05, 0) is 47.9 Å². The summed E-state index contributed by atoms with van der Waals surface area (Å²) >= 11 is 0. The van der Waals surface area contributed by atoms with Crippen molar-refractivity contribution in [3.8, 4) is 0 Å². The molecule has 0 aromatic heterocycles. The number of aliphatic carboxylic acids is 2. The highest BCUT2D eigenvalue weighted by Gasteiger charge is 2.15. The van der Waals surface area contributed by atoms with Gasteiger partial charge in [0, 0.05) is 11.8 Å². The van der Waals surface area contributed by atoms with Gasteiger partial charge in [-0.15, -0.1) is 0 Å². The lowest BCUT2D eigenvalue weighted by Gasteiger charge is -2.18. The lowest BCUT2D eigenvalue weighted by molar-refractivity contribution is -0.655. The van der Waals surface area contributed by atoms with Gasteiger partial charge in [-0.1, -0.05) is 175 Å². The van der Waals surface area contributed by atoms with Crippen LogP contribution in [-0.2, 0) is 9.59 Å². The summed E-state index contributed by atoms with van der Waals surface area (Å²) in [5, 5.41) is 27.2. The van der Waals surface area contributed by atoms with Crippen LogP contribution in [-0.4, -0.2) is 38.1 Å². The van der Waals surface area contributed by atoms with E-state index in [4.69, 9.17) is 0 Å². The monoisotopic (exact) mass is 682 g/mol. The molecule has 0 unspecified atom stereocenters. The Bertz CT molecular complexity index is 1150. The number of hydrogen-bond acceptors (Lipinski definition) is 4. The maximum Gasteiger partial charge on any atom is 0.0755 e. The summed E-state index contributed by atoms with van der Waals surface area (Å²) in [4.78, 5) is 22.4. The predicted octanol–water partition coefficient (Wildman–Crippen LogP) is 5.44. The Morgan fingerprint density at radius 1 is 0.420 bits per heavy atom. The molecule has 6 heteroatoms. The van der Waals surface area contributed by atoms with Crippen molar-refractivity contribution in [2.45, 2.75) is 90.9 Å². The fraction of sp³-hybridized carbons (Fsp3) is 0.409. The lowest BCUT2D eigenvalue weighted by Crippen LogP contribution is -2.84. The molecule has 0 radical (unpaired) electrons. The van der Waals surface area contributed by atoms with E-state index in [0.29, 0.717) is 0 Å². The first kappa shape index (κ1) is 43.8. The first-order chi connectivity index (χ1) is 24.4. The normalized spacial score (nSPS) is 10.2. The van der Waals surface area contributed by atoms with Crippen molar-refractivity contribution in [1.29, 1.82) is 0 Å². The summed E-state index contributed by atoms with van der Waals surface area (Å²) in [5.74, 6) is -3.53. The van der Waals surface area contributed by atoms with Gasteiger partial charge in [-0.3, -0.25) is 0 Å². The number of rotatable bonds is 18. The molecule has 0 atom stereocenters. The molecule has 0 saturated carbocycles. The molecular weight excluding hydrogens is 620 g/mol. The van der Waals surface area contributed by atoms with Gasteiger partial charge >= 0.3 is 0 Å². The molecule has 0 saturated heterocycles. The lowest BCUT2D eigenvalue weighted by atomic mass is 9.92. The second-order valence-corrected chi connectivity index (χ2v) is 12.3. The molecule has 0 fully saturated rings. The number of carbonyl (C=O) groups excluding carboxylic acids is 2. The number of quaternary nitrogens is 2. The van der Waals surface area contributed by atoms with E-state index < -0.39 is 23.8 Å². The summed E-state index contributed by atoms with van der Waals surface area (Å²) in [7, 11) is 0. The smallest absolute Gasteiger partial charge is 0.0755 e. The summed E-state index contributed by atoms with van der Waals surface area (Å²) in [6.45, 7) is 14.3. The molecule has 4 aromatic carbocycles. The quantitative estimate of drug-likeness (QED) is 0.136. The van der Waals surface area contributed by atoms with E-state index in [9.17, 15) is 19.8 Å². The van der Waals surface area contributed by atoms with Crippen molar-refractivity contribution < 1.29 is 30.4 Å². The zero-order valence-corrected chi connectivity index (χ0v) is 31.0. The van der Waals surface area contributed by atoms with E-state index in [1.165, 1.54) is 77.5 Å². The zero-order valence-electron chi connectivity index (χ0n) is 31.0. The maximum atomic E-state index is 11.2. The number of carboxylic acid groups (broad SMARTS) is 2. The van der Waals surface area contributed by atoms with Crippen LogP contribution in [0.3, 0.4) is 0 Å². The molecule has 272 valence electrons. The predicted molar refractivity (Wildman–Crippen MR) is 202 cm³/mol. The Balaban J connectivity index is 0.000000348. The van der Waals surface area contributed by atoms with Crippen LogP contribution in [0.15, 0.2) is 121 Å². The average molecular weight is 683 g/mol. The molecule has 4 aromatic rings. The minimum Gasteiger partial charge on any atom is -0.549 e. The van der Waals surface area contributed by atoms with Crippen molar-refractivity contribution >= 4 is 11.9 Å². The zero-order chi connectivity index (χ0) is 36.7. The number of hydrogen-bond donors (Lipinski definition) is 2. The van der Waals surface area contributed by atoms with Gasteiger partial charge in [-0.2, -0.15) is 0 Å². The molecule has 0 heterocycles. The molecule has 0 spiro atoms. The summed E-state index contributed by atoms with van der Waals surface area (Å²) in [6.07, 6.45) is 10.9. The van der Waals surface area contributed by atoms with Crippen LogP contribution in [0.25, 0.3) is 0 Å². The summed E-state index contributed by atoms with van der Waals surface area (Å²) < 4.78 is 0. The molecule has 6 nitrogen and oxygen atoms in total. The van der Waals surface area contributed by atoms with Crippen molar-refractivity contribution in [2.75, 3.05) is 26.2 Å². The minimum absolute atomic E-state index is 0.692. The first-order valence-electron chi connectivity index (χ1n) is 18.7. The molecule has 0 aliphatic heterocycles. The Labute approximate surface area is 302 Å². The standard InChI is InChI=1S/2C14H12O2.2C8H19N/c2*15-14(16)13(11-7-3-1-4-8-11)12-9-5-2-6-10-12;2*1-3-5-7-9-8-6-4-2/h2*1-10,13H,(H,15,16);2*9H,3-8H2,1-2H3. The fourth-order valence-corrected chi connectivity index (χ4v) is 5.19. The van der Waals surface area contributed by atoms with Crippen LogP contribution >= 0.6 is 0 Å². The highest BCUT2D eigenvalue weighted by molar-refractivity contribution is 5.79. The van der Waals surface area contributed by atoms with E-state index >= 15 is 0 Å². The Hall–Kier alpha value is -4.26. The number of carboxylic acids is 2.